The summed E-state index contributed by atoms with van der Waals surface area (Å²) in [6.45, 7) is -1.26. The Balaban J connectivity index is 1.04. The Bertz CT molecular complexity index is 1600. The molecule has 2 fully saturated rings. The van der Waals surface area contributed by atoms with E-state index in [2.05, 4.69) is 0 Å². The molecule has 2 saturated heterocycles. The molecule has 1 unspecified atom stereocenters. The van der Waals surface area contributed by atoms with Gasteiger partial charge in [-0.1, -0.05) is 36.4 Å². The summed E-state index contributed by atoms with van der Waals surface area (Å²) in [5.74, 6) is -0.485. The lowest BCUT2D eigenvalue weighted by Gasteiger charge is -2.49. The highest BCUT2D eigenvalue weighted by Gasteiger charge is 2.57. The lowest BCUT2D eigenvalue weighted by Crippen LogP contribution is -2.68. The van der Waals surface area contributed by atoms with E-state index in [9.17, 15) is 40.9 Å². The molecule has 252 valence electrons. The van der Waals surface area contributed by atoms with E-state index in [0.717, 1.165) is 33.4 Å². The molecule has 7 rings (SSSR count). The highest BCUT2D eigenvalue weighted by Crippen LogP contribution is 2.43. The molecule has 0 saturated carbocycles. The summed E-state index contributed by atoms with van der Waals surface area (Å²) in [5, 5.41) is 82.3. The number of hydrogen-bond acceptors (Lipinski definition) is 12. The maximum absolute atomic E-state index is 11.2. The topological polar surface area (TPSA) is 199 Å². The molecule has 0 aliphatic carbocycles. The molecular weight excluding hydrogens is 612 g/mol. The van der Waals surface area contributed by atoms with E-state index in [1.54, 1.807) is 6.07 Å². The van der Waals surface area contributed by atoms with Gasteiger partial charge >= 0.3 is 0 Å². The number of fused-ring (bicyclic) bond motifs is 2. The van der Waals surface area contributed by atoms with E-state index in [0.29, 0.717) is 30.8 Å². The predicted octanol–water partition coefficient (Wildman–Crippen LogP) is 0.0533. The number of aliphatic hydroxyl groups is 8. The number of hydrogen-bond donors (Lipinski definition) is 8. The molecule has 0 bridgehead atoms. The third-order valence-electron chi connectivity index (χ3n) is 10.2. The van der Waals surface area contributed by atoms with Crippen LogP contribution in [0.4, 0.5) is 0 Å². The Hall–Kier alpha value is -3.14. The van der Waals surface area contributed by atoms with Gasteiger partial charge in [0.05, 0.1) is 19.8 Å². The van der Waals surface area contributed by atoms with Gasteiger partial charge in [0, 0.05) is 6.42 Å². The van der Waals surface area contributed by atoms with Crippen LogP contribution in [0.2, 0.25) is 0 Å². The maximum Gasteiger partial charge on any atom is 0.240 e. The van der Waals surface area contributed by atoms with Crippen LogP contribution in [-0.4, -0.2) is 121 Å². The van der Waals surface area contributed by atoms with Crippen LogP contribution in [0.15, 0.2) is 60.7 Å². The van der Waals surface area contributed by atoms with Crippen molar-refractivity contribution in [3.63, 3.8) is 0 Å². The quantitative estimate of drug-likeness (QED) is 0.185. The maximum atomic E-state index is 11.2. The minimum Gasteiger partial charge on any atom is -0.487 e. The molecule has 0 radical (unpaired) electrons. The lowest BCUT2D eigenvalue weighted by atomic mass is 9.80. The van der Waals surface area contributed by atoms with Crippen molar-refractivity contribution in [1.29, 1.82) is 0 Å². The highest BCUT2D eigenvalue weighted by molar-refractivity contribution is 5.72. The molecule has 1 spiro atoms. The molecule has 8 N–H and O–H groups in total. The van der Waals surface area contributed by atoms with E-state index < -0.39 is 73.4 Å². The van der Waals surface area contributed by atoms with Crippen molar-refractivity contribution < 1.29 is 59.8 Å². The number of ether oxygens (including phenoxy) is 4. The fraction of sp³-hybridized carbons (Fsp3) is 0.486. The van der Waals surface area contributed by atoms with Gasteiger partial charge in [-0.25, -0.2) is 0 Å². The van der Waals surface area contributed by atoms with E-state index in [4.69, 9.17) is 18.9 Å². The molecule has 0 aromatic heterocycles. The van der Waals surface area contributed by atoms with Crippen LogP contribution in [0.1, 0.15) is 24.0 Å². The van der Waals surface area contributed by atoms with Gasteiger partial charge in [-0.15, -0.1) is 0 Å². The van der Waals surface area contributed by atoms with Gasteiger partial charge < -0.3 is 59.8 Å². The summed E-state index contributed by atoms with van der Waals surface area (Å²) in [6, 6.07) is 19.6. The first kappa shape index (κ1) is 32.4. The summed E-state index contributed by atoms with van der Waals surface area (Å²) in [5.41, 5.74) is 3.98. The second-order valence-electron chi connectivity index (χ2n) is 13.0. The minimum absolute atomic E-state index is 0.229. The molecular formula is C35H40O12. The zero-order valence-electron chi connectivity index (χ0n) is 25.6. The average Bonchev–Trinajstić information content (AvgIpc) is 3.11. The summed E-state index contributed by atoms with van der Waals surface area (Å²) in [6.07, 6.45) is -8.54. The van der Waals surface area contributed by atoms with Crippen molar-refractivity contribution in [3.05, 3.63) is 71.8 Å². The van der Waals surface area contributed by atoms with E-state index in [1.165, 1.54) is 0 Å². The Morgan fingerprint density at radius 2 is 1.26 bits per heavy atom. The summed E-state index contributed by atoms with van der Waals surface area (Å²) >= 11 is 0. The Morgan fingerprint density at radius 3 is 1.89 bits per heavy atom. The van der Waals surface area contributed by atoms with Crippen molar-refractivity contribution in [2.75, 3.05) is 19.8 Å². The predicted molar refractivity (Wildman–Crippen MR) is 165 cm³/mol. The highest BCUT2D eigenvalue weighted by atomic mass is 16.7. The largest absolute Gasteiger partial charge is 0.487 e. The van der Waals surface area contributed by atoms with Crippen LogP contribution in [0.3, 0.4) is 0 Å². The SMILES string of the molecule is OC[C@H]1OC[C@](O)(C2CCc3cc(-c4ccc(-c5ccc6c(c5)CC[C@]5(O6)O[C@H](CO)[C@@H](O)[C@H](O)[C@@H]5O)cc4)ccc3O2)[C@@H](O)[C@@H]1O. The van der Waals surface area contributed by atoms with Gasteiger partial charge in [0.2, 0.25) is 5.79 Å². The Kier molecular flexibility index (Phi) is 8.54. The van der Waals surface area contributed by atoms with Crippen LogP contribution in [0.5, 0.6) is 11.5 Å². The second-order valence-corrected chi connectivity index (χ2v) is 13.0. The van der Waals surface area contributed by atoms with Crippen LogP contribution in [0.25, 0.3) is 22.3 Å². The fourth-order valence-corrected chi connectivity index (χ4v) is 7.24. The molecule has 4 heterocycles. The average molecular weight is 653 g/mol. The number of rotatable bonds is 5. The molecule has 3 aromatic carbocycles. The molecule has 12 heteroatoms. The molecule has 10 atom stereocenters. The van der Waals surface area contributed by atoms with Gasteiger partial charge in [0.1, 0.15) is 60.3 Å². The standard InChI is InChI=1S/C35H40O12/c36-15-26-30(39)32(41)34(43,17-44-26)28-10-7-22-13-20(5-8-24(22)45-28)18-1-3-19(4-2-18)21-6-9-25-23(14-21)11-12-35(46-25)33(42)31(40)29(38)27(16-37)47-35/h1-6,8-9,13-14,26-33,36-43H,7,10-12,15-17H2/t26-,27-,28?,29-,30-,31+,32+,33+,34+,35+/m1/s1. The van der Waals surface area contributed by atoms with Gasteiger partial charge in [0.15, 0.2) is 5.60 Å². The first-order valence-electron chi connectivity index (χ1n) is 15.9. The smallest absolute Gasteiger partial charge is 0.240 e. The van der Waals surface area contributed by atoms with Crippen molar-refractivity contribution in [1.82, 2.24) is 0 Å². The normalized spacial score (nSPS) is 36.6. The van der Waals surface area contributed by atoms with Crippen LogP contribution < -0.4 is 9.47 Å². The summed E-state index contributed by atoms with van der Waals surface area (Å²) in [4.78, 5) is 0. The fourth-order valence-electron chi connectivity index (χ4n) is 7.24. The first-order chi connectivity index (χ1) is 22.6. The number of aryl methyl sites for hydroxylation is 2. The van der Waals surface area contributed by atoms with Crippen molar-refractivity contribution in [3.8, 4) is 33.8 Å². The van der Waals surface area contributed by atoms with Gasteiger partial charge in [-0.3, -0.25) is 0 Å². The van der Waals surface area contributed by atoms with E-state index in [1.807, 2.05) is 54.6 Å². The van der Waals surface area contributed by atoms with Crippen molar-refractivity contribution in [2.45, 2.75) is 85.9 Å². The second kappa shape index (κ2) is 12.4. The monoisotopic (exact) mass is 652 g/mol. The van der Waals surface area contributed by atoms with Crippen LogP contribution in [0, 0.1) is 0 Å². The van der Waals surface area contributed by atoms with Crippen LogP contribution >= 0.6 is 0 Å². The molecule has 0 amide bonds. The molecule has 12 nitrogen and oxygen atoms in total. The Morgan fingerprint density at radius 1 is 0.660 bits per heavy atom. The lowest BCUT2D eigenvalue weighted by molar-refractivity contribution is -0.342. The Labute approximate surface area is 271 Å². The van der Waals surface area contributed by atoms with Crippen molar-refractivity contribution in [2.24, 2.45) is 0 Å². The number of benzene rings is 3. The minimum atomic E-state index is -1.82. The first-order valence-corrected chi connectivity index (χ1v) is 15.9. The van der Waals surface area contributed by atoms with Crippen molar-refractivity contribution >= 4 is 0 Å². The summed E-state index contributed by atoms with van der Waals surface area (Å²) < 4.78 is 23.4. The zero-order valence-corrected chi connectivity index (χ0v) is 25.6. The van der Waals surface area contributed by atoms with Crippen LogP contribution in [-0.2, 0) is 22.3 Å². The molecule has 4 aliphatic rings. The number of aliphatic hydroxyl groups excluding tert-OH is 7. The van der Waals surface area contributed by atoms with E-state index >= 15 is 0 Å². The molecule has 4 aliphatic heterocycles. The molecule has 3 aromatic rings. The third-order valence-corrected chi connectivity index (χ3v) is 10.2. The van der Waals surface area contributed by atoms with Gasteiger partial charge in [0.25, 0.3) is 0 Å². The molecule has 47 heavy (non-hydrogen) atoms. The van der Waals surface area contributed by atoms with Gasteiger partial charge in [-0.05, 0) is 76.9 Å². The summed E-state index contributed by atoms with van der Waals surface area (Å²) in [7, 11) is 0. The third kappa shape index (κ3) is 5.52. The van der Waals surface area contributed by atoms with Gasteiger partial charge in [-0.2, -0.15) is 0 Å². The van der Waals surface area contributed by atoms with E-state index in [-0.39, 0.29) is 13.0 Å². The zero-order chi connectivity index (χ0) is 33.1.